The molecule has 3 unspecified atom stereocenters. The van der Waals surface area contributed by atoms with Gasteiger partial charge in [0, 0.05) is 12.6 Å². The van der Waals surface area contributed by atoms with Crippen LogP contribution in [0.4, 0.5) is 0 Å². The molecule has 1 aromatic rings. The number of benzene rings is 1. The first-order chi connectivity index (χ1) is 9.61. The summed E-state index contributed by atoms with van der Waals surface area (Å²) in [6.07, 6.45) is 2.85. The van der Waals surface area contributed by atoms with Gasteiger partial charge in [-0.15, -0.1) is 0 Å². The first-order valence-electron chi connectivity index (χ1n) is 7.62. The molecule has 3 nitrogen and oxygen atoms in total. The van der Waals surface area contributed by atoms with Crippen molar-refractivity contribution >= 4 is 5.97 Å². The molecule has 1 aliphatic carbocycles. The van der Waals surface area contributed by atoms with Gasteiger partial charge in [-0.3, -0.25) is 9.69 Å². The molecule has 1 N–H and O–H groups in total. The van der Waals surface area contributed by atoms with Crippen LogP contribution in [0.5, 0.6) is 0 Å². The number of rotatable bonds is 5. The zero-order valence-electron chi connectivity index (χ0n) is 12.5. The van der Waals surface area contributed by atoms with Crippen LogP contribution in [-0.2, 0) is 11.3 Å². The molecule has 0 radical (unpaired) electrons. The number of hydrogen-bond donors (Lipinski definition) is 1. The average molecular weight is 275 g/mol. The Morgan fingerprint density at radius 2 is 2.00 bits per heavy atom. The molecule has 0 aliphatic heterocycles. The average Bonchev–Trinajstić information content (AvgIpc) is 2.45. The van der Waals surface area contributed by atoms with Gasteiger partial charge < -0.3 is 5.11 Å². The molecule has 1 aliphatic rings. The van der Waals surface area contributed by atoms with E-state index >= 15 is 0 Å². The van der Waals surface area contributed by atoms with E-state index < -0.39 is 5.97 Å². The summed E-state index contributed by atoms with van der Waals surface area (Å²) in [4.78, 5) is 13.9. The van der Waals surface area contributed by atoms with E-state index in [0.717, 1.165) is 32.4 Å². The van der Waals surface area contributed by atoms with Crippen molar-refractivity contribution < 1.29 is 9.90 Å². The fourth-order valence-corrected chi connectivity index (χ4v) is 3.32. The topological polar surface area (TPSA) is 40.5 Å². The van der Waals surface area contributed by atoms with Gasteiger partial charge in [-0.25, -0.2) is 0 Å². The molecular formula is C17H25NO2. The van der Waals surface area contributed by atoms with E-state index in [4.69, 9.17) is 0 Å². The van der Waals surface area contributed by atoms with Crippen LogP contribution in [0, 0.1) is 11.8 Å². The summed E-state index contributed by atoms with van der Waals surface area (Å²) in [5.41, 5.74) is 1.26. The van der Waals surface area contributed by atoms with Crippen molar-refractivity contribution in [2.45, 2.75) is 45.7 Å². The second-order valence-electron chi connectivity index (χ2n) is 5.98. The van der Waals surface area contributed by atoms with Crippen molar-refractivity contribution in [3.05, 3.63) is 35.9 Å². The molecule has 3 heteroatoms. The lowest BCUT2D eigenvalue weighted by molar-refractivity contribution is -0.146. The van der Waals surface area contributed by atoms with E-state index in [1.807, 2.05) is 18.2 Å². The summed E-state index contributed by atoms with van der Waals surface area (Å²) in [6, 6.07) is 10.5. The van der Waals surface area contributed by atoms with Gasteiger partial charge in [0.05, 0.1) is 5.92 Å². The molecule has 0 spiro atoms. The first-order valence-corrected chi connectivity index (χ1v) is 7.62. The third-order valence-corrected chi connectivity index (χ3v) is 4.50. The van der Waals surface area contributed by atoms with Gasteiger partial charge >= 0.3 is 5.97 Å². The summed E-state index contributed by atoms with van der Waals surface area (Å²) < 4.78 is 0. The molecule has 110 valence electrons. The lowest BCUT2D eigenvalue weighted by atomic mass is 9.78. The fraction of sp³-hybridized carbons (Fsp3) is 0.588. The van der Waals surface area contributed by atoms with Crippen molar-refractivity contribution in [3.63, 3.8) is 0 Å². The molecule has 20 heavy (non-hydrogen) atoms. The maximum Gasteiger partial charge on any atom is 0.308 e. The highest BCUT2D eigenvalue weighted by molar-refractivity contribution is 5.71. The molecular weight excluding hydrogens is 250 g/mol. The summed E-state index contributed by atoms with van der Waals surface area (Å²) in [7, 11) is 0. The summed E-state index contributed by atoms with van der Waals surface area (Å²) >= 11 is 0. The van der Waals surface area contributed by atoms with Gasteiger partial charge in [-0.2, -0.15) is 0 Å². The Morgan fingerprint density at radius 3 is 2.60 bits per heavy atom. The van der Waals surface area contributed by atoms with Crippen LogP contribution < -0.4 is 0 Å². The van der Waals surface area contributed by atoms with Gasteiger partial charge in [-0.05, 0) is 37.3 Å². The highest BCUT2D eigenvalue weighted by Gasteiger charge is 2.36. The third kappa shape index (κ3) is 3.60. The molecule has 1 saturated carbocycles. The molecule has 0 heterocycles. The molecule has 0 saturated heterocycles. The van der Waals surface area contributed by atoms with Gasteiger partial charge in [0.25, 0.3) is 0 Å². The second kappa shape index (κ2) is 6.89. The number of carbonyl (C=O) groups is 1. The van der Waals surface area contributed by atoms with Crippen LogP contribution >= 0.6 is 0 Å². The summed E-state index contributed by atoms with van der Waals surface area (Å²) in [6.45, 7) is 6.11. The highest BCUT2D eigenvalue weighted by Crippen LogP contribution is 2.33. The lowest BCUT2D eigenvalue weighted by Crippen LogP contribution is -2.46. The quantitative estimate of drug-likeness (QED) is 0.895. The Bertz CT molecular complexity index is 432. The Morgan fingerprint density at radius 1 is 1.30 bits per heavy atom. The minimum Gasteiger partial charge on any atom is -0.481 e. The normalized spacial score (nSPS) is 26.6. The smallest absolute Gasteiger partial charge is 0.308 e. The number of hydrogen-bond acceptors (Lipinski definition) is 2. The lowest BCUT2D eigenvalue weighted by Gasteiger charge is -2.40. The molecule has 0 bridgehead atoms. The number of carboxylic acids is 1. The second-order valence-corrected chi connectivity index (χ2v) is 5.98. The van der Waals surface area contributed by atoms with Gasteiger partial charge in [0.2, 0.25) is 0 Å². The van der Waals surface area contributed by atoms with Crippen LogP contribution in [-0.4, -0.2) is 28.6 Å². The van der Waals surface area contributed by atoms with E-state index in [-0.39, 0.29) is 12.0 Å². The number of nitrogens with zero attached hydrogens (tertiary/aromatic N) is 1. The zero-order chi connectivity index (χ0) is 14.5. The minimum atomic E-state index is -0.631. The van der Waals surface area contributed by atoms with E-state index in [1.54, 1.807) is 0 Å². The van der Waals surface area contributed by atoms with Gasteiger partial charge in [0.1, 0.15) is 0 Å². The van der Waals surface area contributed by atoms with E-state index in [1.165, 1.54) is 5.56 Å². The number of aliphatic carboxylic acids is 1. The standard InChI is InChI=1S/C17H25NO2/c1-3-18(12-14-7-5-4-6-8-14)16-11-13(2)9-10-15(16)17(19)20/h4-8,13,15-16H,3,9-12H2,1-2H3,(H,19,20). The van der Waals surface area contributed by atoms with Crippen molar-refractivity contribution in [3.8, 4) is 0 Å². The molecule has 0 amide bonds. The Labute approximate surface area is 121 Å². The Kier molecular flexibility index (Phi) is 5.18. The van der Waals surface area contributed by atoms with E-state index in [9.17, 15) is 9.90 Å². The third-order valence-electron chi connectivity index (χ3n) is 4.50. The maximum absolute atomic E-state index is 11.5. The Hall–Kier alpha value is -1.35. The van der Waals surface area contributed by atoms with Crippen LogP contribution in [0.2, 0.25) is 0 Å². The van der Waals surface area contributed by atoms with E-state index in [2.05, 4.69) is 30.9 Å². The van der Waals surface area contributed by atoms with E-state index in [0.29, 0.717) is 5.92 Å². The van der Waals surface area contributed by atoms with Gasteiger partial charge in [0.15, 0.2) is 0 Å². The molecule has 2 rings (SSSR count). The van der Waals surface area contributed by atoms with Crippen molar-refractivity contribution in [1.82, 2.24) is 4.90 Å². The monoisotopic (exact) mass is 275 g/mol. The zero-order valence-corrected chi connectivity index (χ0v) is 12.5. The van der Waals surface area contributed by atoms with Crippen molar-refractivity contribution in [2.75, 3.05) is 6.54 Å². The molecule has 0 aromatic heterocycles. The summed E-state index contributed by atoms with van der Waals surface area (Å²) in [5, 5.41) is 9.48. The first kappa shape index (κ1) is 15.0. The highest BCUT2D eigenvalue weighted by atomic mass is 16.4. The van der Waals surface area contributed by atoms with Crippen molar-refractivity contribution in [2.24, 2.45) is 11.8 Å². The van der Waals surface area contributed by atoms with Crippen LogP contribution in [0.15, 0.2) is 30.3 Å². The Balaban J connectivity index is 2.12. The van der Waals surface area contributed by atoms with Crippen LogP contribution in [0.3, 0.4) is 0 Å². The summed E-state index contributed by atoms with van der Waals surface area (Å²) in [5.74, 6) is -0.219. The van der Waals surface area contributed by atoms with Crippen LogP contribution in [0.1, 0.15) is 38.7 Å². The SMILES string of the molecule is CCN(Cc1ccccc1)C1CC(C)CCC1C(=O)O. The largest absolute Gasteiger partial charge is 0.481 e. The molecule has 1 fully saturated rings. The van der Waals surface area contributed by atoms with Crippen molar-refractivity contribution in [1.29, 1.82) is 0 Å². The molecule has 1 aromatic carbocycles. The maximum atomic E-state index is 11.5. The predicted molar refractivity (Wildman–Crippen MR) is 80.5 cm³/mol. The number of carboxylic acid groups (broad SMARTS) is 1. The van der Waals surface area contributed by atoms with Gasteiger partial charge in [-0.1, -0.05) is 44.2 Å². The predicted octanol–water partition coefficient (Wildman–Crippen LogP) is 3.40. The molecule has 3 atom stereocenters. The fourth-order valence-electron chi connectivity index (χ4n) is 3.32. The van der Waals surface area contributed by atoms with Crippen LogP contribution in [0.25, 0.3) is 0 Å². The minimum absolute atomic E-state index is 0.168.